The fraction of sp³-hybridized carbons (Fsp3) is 0.600. The second kappa shape index (κ2) is 4.60. The third-order valence-corrected chi connectivity index (χ3v) is 2.78. The molecule has 100 valence electrons. The lowest BCUT2D eigenvalue weighted by Crippen LogP contribution is -2.27. The monoisotopic (exact) mass is 264 g/mol. The van der Waals surface area contributed by atoms with E-state index in [-0.39, 0.29) is 6.61 Å². The number of carboxylic acid groups (broad SMARTS) is 1. The number of aromatic nitrogens is 2. The van der Waals surface area contributed by atoms with Gasteiger partial charge in [-0.25, -0.2) is 4.79 Å². The zero-order valence-corrected chi connectivity index (χ0v) is 9.28. The van der Waals surface area contributed by atoms with E-state index in [9.17, 15) is 18.0 Å². The summed E-state index contributed by atoms with van der Waals surface area (Å²) >= 11 is 0. The fourth-order valence-electron chi connectivity index (χ4n) is 1.99. The summed E-state index contributed by atoms with van der Waals surface area (Å²) in [5, 5.41) is 12.3. The number of carbonyl (C=O) groups is 1. The Morgan fingerprint density at radius 2 is 2.28 bits per heavy atom. The summed E-state index contributed by atoms with van der Waals surface area (Å²) in [6.07, 6.45) is -2.89. The molecule has 8 heteroatoms. The van der Waals surface area contributed by atoms with Crippen LogP contribution in [0, 0.1) is 0 Å². The lowest BCUT2D eigenvalue weighted by atomic mass is 10.1. The summed E-state index contributed by atoms with van der Waals surface area (Å²) in [6, 6.07) is -0.566. The van der Waals surface area contributed by atoms with E-state index in [1.54, 1.807) is 0 Å². The molecule has 1 fully saturated rings. The molecule has 1 unspecified atom stereocenters. The second-order valence-corrected chi connectivity index (χ2v) is 4.03. The number of hydrogen-bond donors (Lipinski definition) is 1. The lowest BCUT2D eigenvalue weighted by Gasteiger charge is -2.24. The van der Waals surface area contributed by atoms with E-state index in [0.717, 1.165) is 10.9 Å². The zero-order valence-electron chi connectivity index (χ0n) is 9.28. The molecule has 0 spiro atoms. The van der Waals surface area contributed by atoms with Crippen LogP contribution in [0.3, 0.4) is 0 Å². The number of nitrogens with zero attached hydrogens (tertiary/aromatic N) is 2. The van der Waals surface area contributed by atoms with E-state index in [0.29, 0.717) is 19.4 Å². The molecule has 1 aromatic heterocycles. The van der Waals surface area contributed by atoms with Crippen molar-refractivity contribution in [3.05, 3.63) is 17.5 Å². The maximum atomic E-state index is 12.9. The Labute approximate surface area is 100 Å². The molecule has 0 bridgehead atoms. The first kappa shape index (κ1) is 12.9. The van der Waals surface area contributed by atoms with Gasteiger partial charge in [0, 0.05) is 6.61 Å². The van der Waals surface area contributed by atoms with Gasteiger partial charge in [-0.3, -0.25) is 4.68 Å². The van der Waals surface area contributed by atoms with E-state index < -0.39 is 29.4 Å². The molecular formula is C10H11F3N2O3. The molecular weight excluding hydrogens is 253 g/mol. The van der Waals surface area contributed by atoms with Gasteiger partial charge in [-0.15, -0.1) is 0 Å². The maximum absolute atomic E-state index is 12.9. The van der Waals surface area contributed by atoms with Gasteiger partial charge in [0.25, 0.3) is 0 Å². The molecule has 0 aliphatic carbocycles. The minimum absolute atomic E-state index is 0.115. The van der Waals surface area contributed by atoms with Crippen LogP contribution >= 0.6 is 0 Å². The summed E-state index contributed by atoms with van der Waals surface area (Å²) in [6.45, 7) is 0.620. The molecule has 5 nitrogen and oxygen atoms in total. The first-order valence-electron chi connectivity index (χ1n) is 5.37. The highest BCUT2D eigenvalue weighted by Gasteiger charge is 2.41. The Kier molecular flexibility index (Phi) is 3.29. The molecule has 1 aliphatic heterocycles. The van der Waals surface area contributed by atoms with Crippen molar-refractivity contribution in [1.29, 1.82) is 0 Å². The van der Waals surface area contributed by atoms with Crippen LogP contribution in [0.1, 0.15) is 34.9 Å². The molecule has 1 atom stereocenters. The largest absolute Gasteiger partial charge is 0.478 e. The van der Waals surface area contributed by atoms with Crippen LogP contribution in [0.4, 0.5) is 13.2 Å². The number of hydrogen-bond acceptors (Lipinski definition) is 3. The number of aromatic carboxylic acids is 1. The van der Waals surface area contributed by atoms with Crippen molar-refractivity contribution in [3.63, 3.8) is 0 Å². The molecule has 0 amide bonds. The van der Waals surface area contributed by atoms with E-state index in [1.165, 1.54) is 0 Å². The Bertz CT molecular complexity index is 450. The number of halogens is 3. The van der Waals surface area contributed by atoms with E-state index in [2.05, 4.69) is 5.10 Å². The molecule has 2 rings (SSSR count). The van der Waals surface area contributed by atoms with Crippen LogP contribution in [-0.4, -0.2) is 34.1 Å². The van der Waals surface area contributed by atoms with Gasteiger partial charge in [0.1, 0.15) is 5.56 Å². The Balaban J connectivity index is 2.44. The predicted octanol–water partition coefficient (Wildman–Crippen LogP) is 1.95. The zero-order chi connectivity index (χ0) is 13.3. The Morgan fingerprint density at radius 3 is 2.78 bits per heavy atom. The molecule has 1 N–H and O–H groups in total. The lowest BCUT2D eigenvalue weighted by molar-refractivity contribution is -0.146. The summed E-state index contributed by atoms with van der Waals surface area (Å²) in [5.41, 5.74) is -2.04. The Morgan fingerprint density at radius 1 is 1.56 bits per heavy atom. The second-order valence-electron chi connectivity index (χ2n) is 4.03. The van der Waals surface area contributed by atoms with Crippen LogP contribution in [0.25, 0.3) is 0 Å². The number of rotatable bonds is 2. The third-order valence-electron chi connectivity index (χ3n) is 2.78. The molecule has 1 saturated heterocycles. The maximum Gasteiger partial charge on any atom is 0.433 e. The van der Waals surface area contributed by atoms with Crippen LogP contribution < -0.4 is 0 Å². The number of ether oxygens (including phenoxy) is 1. The van der Waals surface area contributed by atoms with E-state index in [4.69, 9.17) is 9.84 Å². The molecule has 2 heterocycles. The van der Waals surface area contributed by atoms with E-state index in [1.807, 2.05) is 0 Å². The van der Waals surface area contributed by atoms with Crippen molar-refractivity contribution in [2.45, 2.75) is 25.1 Å². The average Bonchev–Trinajstić information content (AvgIpc) is 2.74. The van der Waals surface area contributed by atoms with Gasteiger partial charge < -0.3 is 9.84 Å². The highest BCUT2D eigenvalue weighted by Crippen LogP contribution is 2.35. The normalized spacial score (nSPS) is 20.9. The van der Waals surface area contributed by atoms with Gasteiger partial charge in [-0.05, 0) is 12.8 Å². The standard InChI is InChI=1S/C10H11F3N2O3/c11-10(12,13)8-7(9(16)17)4-14-15(8)6-2-1-3-18-5-6/h4,6H,1-3,5H2,(H,16,17). The van der Waals surface area contributed by atoms with Crippen molar-refractivity contribution in [2.24, 2.45) is 0 Å². The first-order valence-corrected chi connectivity index (χ1v) is 5.37. The van der Waals surface area contributed by atoms with Crippen molar-refractivity contribution < 1.29 is 27.8 Å². The first-order chi connectivity index (χ1) is 8.41. The minimum Gasteiger partial charge on any atom is -0.478 e. The van der Waals surface area contributed by atoms with Crippen molar-refractivity contribution in [2.75, 3.05) is 13.2 Å². The molecule has 0 saturated carbocycles. The molecule has 0 aromatic carbocycles. The molecule has 18 heavy (non-hydrogen) atoms. The van der Waals surface area contributed by atoms with Gasteiger partial charge in [0.05, 0.1) is 18.8 Å². The SMILES string of the molecule is O=C(O)c1cnn(C2CCCOC2)c1C(F)(F)F. The minimum atomic E-state index is -4.75. The third kappa shape index (κ3) is 2.33. The molecule has 0 radical (unpaired) electrons. The van der Waals surface area contributed by atoms with Crippen LogP contribution in [0.5, 0.6) is 0 Å². The summed E-state index contributed by atoms with van der Waals surface area (Å²) in [7, 11) is 0. The fourth-order valence-corrected chi connectivity index (χ4v) is 1.99. The highest BCUT2D eigenvalue weighted by molar-refractivity contribution is 5.88. The number of carboxylic acids is 1. The van der Waals surface area contributed by atoms with Gasteiger partial charge >= 0.3 is 12.1 Å². The predicted molar refractivity (Wildman–Crippen MR) is 53.3 cm³/mol. The summed E-state index contributed by atoms with van der Waals surface area (Å²) in [5.74, 6) is -1.63. The van der Waals surface area contributed by atoms with Crippen molar-refractivity contribution in [1.82, 2.24) is 9.78 Å². The van der Waals surface area contributed by atoms with Gasteiger partial charge in [-0.1, -0.05) is 0 Å². The van der Waals surface area contributed by atoms with Crippen molar-refractivity contribution >= 4 is 5.97 Å². The van der Waals surface area contributed by atoms with Crippen LogP contribution in [0.15, 0.2) is 6.20 Å². The smallest absolute Gasteiger partial charge is 0.433 e. The van der Waals surface area contributed by atoms with Gasteiger partial charge in [-0.2, -0.15) is 18.3 Å². The highest BCUT2D eigenvalue weighted by atomic mass is 19.4. The Hall–Kier alpha value is -1.57. The van der Waals surface area contributed by atoms with Crippen LogP contribution in [0.2, 0.25) is 0 Å². The van der Waals surface area contributed by atoms with E-state index >= 15 is 0 Å². The topological polar surface area (TPSA) is 64.3 Å². The van der Waals surface area contributed by atoms with Crippen molar-refractivity contribution in [3.8, 4) is 0 Å². The quantitative estimate of drug-likeness (QED) is 0.886. The number of alkyl halides is 3. The molecule has 1 aromatic rings. The van der Waals surface area contributed by atoms with Gasteiger partial charge in [0.2, 0.25) is 0 Å². The summed E-state index contributed by atoms with van der Waals surface area (Å²) in [4.78, 5) is 10.8. The summed E-state index contributed by atoms with van der Waals surface area (Å²) < 4.78 is 44.5. The average molecular weight is 264 g/mol. The molecule has 1 aliphatic rings. The van der Waals surface area contributed by atoms with Gasteiger partial charge in [0.15, 0.2) is 5.69 Å². The van der Waals surface area contributed by atoms with Crippen LogP contribution in [-0.2, 0) is 10.9 Å².